The van der Waals surface area contributed by atoms with E-state index in [-0.39, 0.29) is 5.91 Å². The molecule has 1 amide bonds. The number of pyridine rings is 1. The second-order valence-electron chi connectivity index (χ2n) is 8.02. The minimum absolute atomic E-state index is 0.0312. The third-order valence-electron chi connectivity index (χ3n) is 5.92. The molecule has 2 aliphatic heterocycles. The van der Waals surface area contributed by atoms with Crippen molar-refractivity contribution >= 4 is 23.3 Å². The number of carbonyl (C=O) groups is 1. The van der Waals surface area contributed by atoms with E-state index in [0.29, 0.717) is 32.0 Å². The number of anilines is 2. The Kier molecular flexibility index (Phi) is 5.19. The topological polar surface area (TPSA) is 79.1 Å². The van der Waals surface area contributed by atoms with Gasteiger partial charge in [0.2, 0.25) is 5.95 Å². The highest BCUT2D eigenvalue weighted by Gasteiger charge is 2.27. The fourth-order valence-electron chi connectivity index (χ4n) is 4.26. The highest BCUT2D eigenvalue weighted by Crippen LogP contribution is 2.21. The molecule has 0 aromatic carbocycles. The number of ether oxygens (including phenoxy) is 1. The number of hydrogen-bond acceptors (Lipinski definition) is 7. The van der Waals surface area contributed by atoms with E-state index in [1.54, 1.807) is 0 Å². The van der Waals surface area contributed by atoms with E-state index in [4.69, 9.17) is 9.72 Å². The van der Waals surface area contributed by atoms with Crippen molar-refractivity contribution in [3.63, 3.8) is 0 Å². The van der Waals surface area contributed by atoms with Crippen LogP contribution in [0.5, 0.6) is 0 Å². The van der Waals surface area contributed by atoms with Crippen molar-refractivity contribution in [2.24, 2.45) is 0 Å². The number of morpholine rings is 1. The fraction of sp³-hybridized carbons (Fsp3) is 0.455. The summed E-state index contributed by atoms with van der Waals surface area (Å²) in [5.41, 5.74) is 3.16. The van der Waals surface area contributed by atoms with Crippen LogP contribution in [-0.4, -0.2) is 82.6 Å². The molecule has 5 heterocycles. The van der Waals surface area contributed by atoms with Crippen molar-refractivity contribution in [3.05, 3.63) is 47.5 Å². The van der Waals surface area contributed by atoms with E-state index in [1.807, 2.05) is 53.6 Å². The molecule has 2 saturated heterocycles. The van der Waals surface area contributed by atoms with Gasteiger partial charge in [-0.05, 0) is 26.0 Å². The lowest BCUT2D eigenvalue weighted by Crippen LogP contribution is -2.49. The molecule has 0 spiro atoms. The molecule has 2 fully saturated rings. The first-order chi connectivity index (χ1) is 15.1. The molecule has 0 N–H and O–H groups in total. The molecule has 162 valence electrons. The largest absolute Gasteiger partial charge is 0.378 e. The van der Waals surface area contributed by atoms with Crippen molar-refractivity contribution in [2.45, 2.75) is 13.8 Å². The van der Waals surface area contributed by atoms with Gasteiger partial charge in [0.25, 0.3) is 5.91 Å². The Morgan fingerprint density at radius 2 is 1.71 bits per heavy atom. The molecule has 0 saturated carbocycles. The van der Waals surface area contributed by atoms with Crippen LogP contribution in [0.4, 0.5) is 11.8 Å². The zero-order valence-corrected chi connectivity index (χ0v) is 18.0. The summed E-state index contributed by atoms with van der Waals surface area (Å²) in [7, 11) is 0. The van der Waals surface area contributed by atoms with Crippen LogP contribution >= 0.6 is 0 Å². The minimum atomic E-state index is 0.0312. The van der Waals surface area contributed by atoms with E-state index in [1.165, 1.54) is 0 Å². The number of fused-ring (bicyclic) bond motifs is 1. The summed E-state index contributed by atoms with van der Waals surface area (Å²) < 4.78 is 7.33. The first-order valence-corrected chi connectivity index (χ1v) is 10.8. The van der Waals surface area contributed by atoms with E-state index >= 15 is 0 Å². The van der Waals surface area contributed by atoms with E-state index in [2.05, 4.69) is 19.8 Å². The number of nitrogens with zero attached hydrogens (tertiary/aromatic N) is 7. The average Bonchev–Trinajstić information content (AvgIpc) is 3.14. The Hall–Kier alpha value is -3.20. The molecule has 3 aromatic heterocycles. The van der Waals surface area contributed by atoms with Gasteiger partial charge < -0.3 is 19.4 Å². The SMILES string of the molecule is Cc1cc(N2CCN(C(=O)c3c(C)nc4ccccn34)CC2)nc(N2CCOCC2)n1. The van der Waals surface area contributed by atoms with Gasteiger partial charge in [-0.2, -0.15) is 4.98 Å². The number of rotatable bonds is 3. The monoisotopic (exact) mass is 421 g/mol. The summed E-state index contributed by atoms with van der Waals surface area (Å²) in [6.07, 6.45) is 1.90. The Morgan fingerprint density at radius 1 is 0.935 bits per heavy atom. The smallest absolute Gasteiger partial charge is 0.272 e. The quantitative estimate of drug-likeness (QED) is 0.635. The first kappa shape index (κ1) is 19.7. The van der Waals surface area contributed by atoms with Gasteiger partial charge >= 0.3 is 0 Å². The predicted octanol–water partition coefficient (Wildman–Crippen LogP) is 1.54. The predicted molar refractivity (Wildman–Crippen MR) is 118 cm³/mol. The van der Waals surface area contributed by atoms with Gasteiger partial charge in [-0.25, -0.2) is 9.97 Å². The molecule has 0 radical (unpaired) electrons. The average molecular weight is 422 g/mol. The van der Waals surface area contributed by atoms with Crippen molar-refractivity contribution in [1.29, 1.82) is 0 Å². The molecule has 0 unspecified atom stereocenters. The molecule has 9 heteroatoms. The standard InChI is InChI=1S/C22H27N7O2/c1-16-15-19(25-22(23-16)28-11-13-31-14-12-28)26-7-9-27(10-8-26)21(30)20-17(2)24-18-5-3-4-6-29(18)20/h3-6,15H,7-14H2,1-2H3. The minimum Gasteiger partial charge on any atom is -0.378 e. The Morgan fingerprint density at radius 3 is 2.48 bits per heavy atom. The van der Waals surface area contributed by atoms with E-state index < -0.39 is 0 Å². The van der Waals surface area contributed by atoms with Gasteiger partial charge in [-0.15, -0.1) is 0 Å². The van der Waals surface area contributed by atoms with Crippen molar-refractivity contribution in [2.75, 3.05) is 62.3 Å². The van der Waals surface area contributed by atoms with Crippen LogP contribution in [0.2, 0.25) is 0 Å². The zero-order valence-electron chi connectivity index (χ0n) is 18.0. The number of aromatic nitrogens is 4. The molecule has 0 atom stereocenters. The second kappa shape index (κ2) is 8.14. The van der Waals surface area contributed by atoms with Gasteiger partial charge in [0.05, 0.1) is 18.9 Å². The lowest BCUT2D eigenvalue weighted by Gasteiger charge is -2.36. The van der Waals surface area contributed by atoms with Crippen LogP contribution in [0.25, 0.3) is 5.65 Å². The lowest BCUT2D eigenvalue weighted by molar-refractivity contribution is 0.0738. The van der Waals surface area contributed by atoms with Crippen LogP contribution in [0.3, 0.4) is 0 Å². The molecule has 3 aromatic rings. The molecule has 0 bridgehead atoms. The van der Waals surface area contributed by atoms with Crippen molar-refractivity contribution in [3.8, 4) is 0 Å². The summed E-state index contributed by atoms with van der Waals surface area (Å²) in [6, 6.07) is 7.80. The third kappa shape index (κ3) is 3.81. The highest BCUT2D eigenvalue weighted by atomic mass is 16.5. The maximum absolute atomic E-state index is 13.3. The molecule has 9 nitrogen and oxygen atoms in total. The highest BCUT2D eigenvalue weighted by molar-refractivity contribution is 5.94. The maximum atomic E-state index is 13.3. The van der Waals surface area contributed by atoms with Gasteiger partial charge in [-0.1, -0.05) is 6.07 Å². The third-order valence-corrected chi connectivity index (χ3v) is 5.92. The van der Waals surface area contributed by atoms with E-state index in [0.717, 1.165) is 55.0 Å². The van der Waals surface area contributed by atoms with Crippen LogP contribution in [0.1, 0.15) is 21.9 Å². The lowest BCUT2D eigenvalue weighted by atomic mass is 10.2. The molecular formula is C22H27N7O2. The van der Waals surface area contributed by atoms with Crippen molar-refractivity contribution < 1.29 is 9.53 Å². The van der Waals surface area contributed by atoms with Crippen LogP contribution in [-0.2, 0) is 4.74 Å². The Balaban J connectivity index is 1.31. The molecular weight excluding hydrogens is 394 g/mol. The number of imidazole rings is 1. The Bertz CT molecular complexity index is 1100. The summed E-state index contributed by atoms with van der Waals surface area (Å²) in [4.78, 5) is 33.6. The number of amides is 1. The first-order valence-electron chi connectivity index (χ1n) is 10.8. The zero-order chi connectivity index (χ0) is 21.4. The van der Waals surface area contributed by atoms with Crippen LogP contribution in [0.15, 0.2) is 30.5 Å². The molecule has 2 aliphatic rings. The van der Waals surface area contributed by atoms with Gasteiger partial charge in [0.15, 0.2) is 0 Å². The maximum Gasteiger partial charge on any atom is 0.272 e. The Labute approximate surface area is 181 Å². The van der Waals surface area contributed by atoms with Crippen LogP contribution < -0.4 is 9.80 Å². The summed E-state index contributed by atoms with van der Waals surface area (Å²) >= 11 is 0. The summed E-state index contributed by atoms with van der Waals surface area (Å²) in [5.74, 6) is 1.72. The fourth-order valence-corrected chi connectivity index (χ4v) is 4.26. The summed E-state index contributed by atoms with van der Waals surface area (Å²) in [6.45, 7) is 9.69. The number of carbonyl (C=O) groups excluding carboxylic acids is 1. The van der Waals surface area contributed by atoms with Crippen molar-refractivity contribution in [1.82, 2.24) is 24.3 Å². The number of hydrogen-bond donors (Lipinski definition) is 0. The number of piperazine rings is 1. The normalized spacial score (nSPS) is 17.4. The van der Waals surface area contributed by atoms with Gasteiger partial charge in [0.1, 0.15) is 17.2 Å². The molecule has 5 rings (SSSR count). The van der Waals surface area contributed by atoms with Crippen LogP contribution in [0, 0.1) is 13.8 Å². The number of aryl methyl sites for hydroxylation is 2. The van der Waals surface area contributed by atoms with Gasteiger partial charge in [0, 0.05) is 57.2 Å². The summed E-state index contributed by atoms with van der Waals surface area (Å²) in [5, 5.41) is 0. The second-order valence-corrected chi connectivity index (χ2v) is 8.02. The van der Waals surface area contributed by atoms with E-state index in [9.17, 15) is 4.79 Å². The molecule has 0 aliphatic carbocycles. The van der Waals surface area contributed by atoms with Gasteiger partial charge in [-0.3, -0.25) is 9.20 Å². The molecule has 31 heavy (non-hydrogen) atoms.